The number of fused-ring (bicyclic) bond motifs is 1. The zero-order valence-corrected chi connectivity index (χ0v) is 5.93. The molecule has 0 heterocycles. The van der Waals surface area contributed by atoms with Crippen LogP contribution in [0.3, 0.4) is 0 Å². The number of rotatable bonds is 0. The Morgan fingerprint density at radius 3 is 2.78 bits per heavy atom. The van der Waals surface area contributed by atoms with Gasteiger partial charge in [-0.25, -0.2) is 0 Å². The van der Waals surface area contributed by atoms with E-state index in [0.29, 0.717) is 5.41 Å². The average molecular weight is 126 g/mol. The molecule has 0 unspecified atom stereocenters. The van der Waals surface area contributed by atoms with Crippen molar-refractivity contribution in [3.8, 4) is 0 Å². The van der Waals surface area contributed by atoms with E-state index < -0.39 is 0 Å². The Balaban J connectivity index is 2.10. The SMILES string of the molecule is C[C@@]12C[C@@H]1CCC[C@@H]2O. The van der Waals surface area contributed by atoms with Crippen LogP contribution in [0.2, 0.25) is 0 Å². The number of aliphatic hydroxyl groups excluding tert-OH is 1. The average Bonchev–Trinajstić information content (AvgIpc) is 2.44. The van der Waals surface area contributed by atoms with Gasteiger partial charge in [-0.3, -0.25) is 0 Å². The van der Waals surface area contributed by atoms with Gasteiger partial charge in [0.1, 0.15) is 0 Å². The van der Waals surface area contributed by atoms with Crippen molar-refractivity contribution in [2.45, 2.75) is 38.7 Å². The smallest absolute Gasteiger partial charge is 0.0596 e. The first-order valence-electron chi connectivity index (χ1n) is 3.91. The minimum atomic E-state index is 0.0243. The van der Waals surface area contributed by atoms with Crippen molar-refractivity contribution in [3.63, 3.8) is 0 Å². The molecule has 2 rings (SSSR count). The van der Waals surface area contributed by atoms with Crippen molar-refractivity contribution < 1.29 is 5.11 Å². The van der Waals surface area contributed by atoms with E-state index in [-0.39, 0.29) is 6.10 Å². The third-order valence-corrected chi connectivity index (χ3v) is 3.25. The third kappa shape index (κ3) is 0.644. The Labute approximate surface area is 56.1 Å². The fourth-order valence-corrected chi connectivity index (χ4v) is 2.20. The molecule has 0 bridgehead atoms. The molecule has 0 aliphatic heterocycles. The van der Waals surface area contributed by atoms with Gasteiger partial charge >= 0.3 is 0 Å². The molecule has 2 aliphatic rings. The summed E-state index contributed by atoms with van der Waals surface area (Å²) in [5, 5.41) is 9.48. The first kappa shape index (κ1) is 5.72. The standard InChI is InChI=1S/C8H14O/c1-8-5-6(8)3-2-4-7(8)9/h6-7,9H,2-5H2,1H3/t6-,7-,8+/m0/s1. The fourth-order valence-electron chi connectivity index (χ4n) is 2.20. The van der Waals surface area contributed by atoms with Crippen molar-refractivity contribution in [1.82, 2.24) is 0 Å². The molecule has 1 N–H and O–H groups in total. The van der Waals surface area contributed by atoms with Crippen LogP contribution >= 0.6 is 0 Å². The number of hydrogen-bond donors (Lipinski definition) is 1. The summed E-state index contributed by atoms with van der Waals surface area (Å²) in [5.74, 6) is 0.876. The zero-order valence-electron chi connectivity index (χ0n) is 5.93. The third-order valence-electron chi connectivity index (χ3n) is 3.25. The molecule has 3 atom stereocenters. The zero-order chi connectivity index (χ0) is 6.48. The lowest BCUT2D eigenvalue weighted by molar-refractivity contribution is 0.0647. The molecule has 9 heavy (non-hydrogen) atoms. The predicted molar refractivity (Wildman–Crippen MR) is 36.1 cm³/mol. The van der Waals surface area contributed by atoms with E-state index in [2.05, 4.69) is 6.92 Å². The van der Waals surface area contributed by atoms with Gasteiger partial charge in [0.2, 0.25) is 0 Å². The molecular weight excluding hydrogens is 112 g/mol. The van der Waals surface area contributed by atoms with E-state index in [1.807, 2.05) is 0 Å². The lowest BCUT2D eigenvalue weighted by Crippen LogP contribution is -2.24. The van der Waals surface area contributed by atoms with E-state index in [0.717, 1.165) is 12.3 Å². The fraction of sp³-hybridized carbons (Fsp3) is 1.00. The van der Waals surface area contributed by atoms with Crippen LogP contribution in [0.15, 0.2) is 0 Å². The maximum absolute atomic E-state index is 9.48. The second-order valence-corrected chi connectivity index (χ2v) is 3.85. The van der Waals surface area contributed by atoms with Crippen LogP contribution in [0.5, 0.6) is 0 Å². The van der Waals surface area contributed by atoms with Crippen molar-refractivity contribution >= 4 is 0 Å². The van der Waals surface area contributed by atoms with Gasteiger partial charge in [-0.2, -0.15) is 0 Å². The van der Waals surface area contributed by atoms with Gasteiger partial charge in [0.25, 0.3) is 0 Å². The molecule has 1 heteroatoms. The predicted octanol–water partition coefficient (Wildman–Crippen LogP) is 1.56. The summed E-state index contributed by atoms with van der Waals surface area (Å²) in [5.41, 5.74) is 0.359. The lowest BCUT2D eigenvalue weighted by atomic mass is 9.87. The van der Waals surface area contributed by atoms with Gasteiger partial charge < -0.3 is 5.11 Å². The van der Waals surface area contributed by atoms with Gasteiger partial charge in [-0.15, -0.1) is 0 Å². The number of aliphatic hydroxyl groups is 1. The van der Waals surface area contributed by atoms with E-state index >= 15 is 0 Å². The van der Waals surface area contributed by atoms with Crippen LogP contribution in [-0.4, -0.2) is 11.2 Å². The molecule has 0 spiro atoms. The summed E-state index contributed by atoms with van der Waals surface area (Å²) in [4.78, 5) is 0. The van der Waals surface area contributed by atoms with E-state index in [1.165, 1.54) is 19.3 Å². The highest BCUT2D eigenvalue weighted by molar-refractivity contribution is 5.05. The summed E-state index contributed by atoms with van der Waals surface area (Å²) in [6.45, 7) is 2.22. The van der Waals surface area contributed by atoms with Crippen LogP contribution in [0.25, 0.3) is 0 Å². The van der Waals surface area contributed by atoms with Crippen molar-refractivity contribution in [3.05, 3.63) is 0 Å². The quantitative estimate of drug-likeness (QED) is 0.522. The highest BCUT2D eigenvalue weighted by atomic mass is 16.3. The van der Waals surface area contributed by atoms with Crippen LogP contribution < -0.4 is 0 Å². The molecule has 0 aromatic heterocycles. The maximum Gasteiger partial charge on any atom is 0.0596 e. The summed E-state index contributed by atoms with van der Waals surface area (Å²) in [6, 6.07) is 0. The van der Waals surface area contributed by atoms with Gasteiger partial charge in [0, 0.05) is 0 Å². The molecule has 2 fully saturated rings. The first-order chi connectivity index (χ1) is 4.23. The Morgan fingerprint density at radius 1 is 1.44 bits per heavy atom. The summed E-state index contributed by atoms with van der Waals surface area (Å²) >= 11 is 0. The Hall–Kier alpha value is -0.0400. The Kier molecular flexibility index (Phi) is 0.963. The van der Waals surface area contributed by atoms with E-state index in [1.54, 1.807) is 0 Å². The largest absolute Gasteiger partial charge is 0.393 e. The van der Waals surface area contributed by atoms with Crippen LogP contribution in [0.4, 0.5) is 0 Å². The highest BCUT2D eigenvalue weighted by Gasteiger charge is 2.55. The molecule has 0 radical (unpaired) electrons. The Bertz CT molecular complexity index is 133. The normalized spacial score (nSPS) is 56.7. The van der Waals surface area contributed by atoms with Crippen LogP contribution in [-0.2, 0) is 0 Å². The molecule has 0 aromatic rings. The van der Waals surface area contributed by atoms with E-state index in [4.69, 9.17) is 0 Å². The second-order valence-electron chi connectivity index (χ2n) is 3.85. The van der Waals surface area contributed by atoms with Gasteiger partial charge in [0.05, 0.1) is 6.10 Å². The molecule has 0 amide bonds. The van der Waals surface area contributed by atoms with Crippen LogP contribution in [0.1, 0.15) is 32.6 Å². The molecular formula is C8H14O. The summed E-state index contributed by atoms with van der Waals surface area (Å²) in [6.07, 6.45) is 4.98. The molecule has 2 aliphatic carbocycles. The van der Waals surface area contributed by atoms with Crippen LogP contribution in [0, 0.1) is 11.3 Å². The van der Waals surface area contributed by atoms with Gasteiger partial charge in [-0.1, -0.05) is 13.3 Å². The van der Waals surface area contributed by atoms with E-state index in [9.17, 15) is 5.11 Å². The molecule has 2 saturated carbocycles. The Morgan fingerprint density at radius 2 is 2.22 bits per heavy atom. The maximum atomic E-state index is 9.48. The lowest BCUT2D eigenvalue weighted by Gasteiger charge is -2.23. The monoisotopic (exact) mass is 126 g/mol. The highest BCUT2D eigenvalue weighted by Crippen LogP contribution is 2.60. The molecule has 52 valence electrons. The molecule has 0 saturated heterocycles. The van der Waals surface area contributed by atoms with Crippen molar-refractivity contribution in [1.29, 1.82) is 0 Å². The summed E-state index contributed by atoms with van der Waals surface area (Å²) < 4.78 is 0. The van der Waals surface area contributed by atoms with Crippen molar-refractivity contribution in [2.75, 3.05) is 0 Å². The topological polar surface area (TPSA) is 20.2 Å². The van der Waals surface area contributed by atoms with Gasteiger partial charge in [0.15, 0.2) is 0 Å². The molecule has 1 nitrogen and oxygen atoms in total. The minimum Gasteiger partial charge on any atom is -0.393 e. The number of hydrogen-bond acceptors (Lipinski definition) is 1. The van der Waals surface area contributed by atoms with Gasteiger partial charge in [-0.05, 0) is 30.6 Å². The summed E-state index contributed by atoms with van der Waals surface area (Å²) in [7, 11) is 0. The minimum absolute atomic E-state index is 0.0243. The molecule has 0 aromatic carbocycles. The first-order valence-corrected chi connectivity index (χ1v) is 3.91. The van der Waals surface area contributed by atoms with Crippen molar-refractivity contribution in [2.24, 2.45) is 11.3 Å². The second kappa shape index (κ2) is 1.51.